The summed E-state index contributed by atoms with van der Waals surface area (Å²) in [7, 11) is 0. The van der Waals surface area contributed by atoms with Crippen molar-refractivity contribution in [3.63, 3.8) is 0 Å². The first-order chi connectivity index (χ1) is 15.4. The number of nitrogens with zero attached hydrogens (tertiary/aromatic N) is 2. The van der Waals surface area contributed by atoms with Crippen LogP contribution in [0.15, 0.2) is 27.1 Å². The van der Waals surface area contributed by atoms with E-state index in [2.05, 4.69) is 31.4 Å². The summed E-state index contributed by atoms with van der Waals surface area (Å²) in [6.07, 6.45) is 0.921. The molecule has 11 heteroatoms. The molecule has 1 aromatic heterocycles. The zero-order valence-electron chi connectivity index (χ0n) is 18.3. The van der Waals surface area contributed by atoms with Crippen molar-refractivity contribution in [2.45, 2.75) is 40.2 Å². The SMILES string of the molecule is CCOC(=O)Cc1csc(NN=Cc2cc(Br)c(OC(C)C(=O)OCC)c(OCC)c2)n1. The summed E-state index contributed by atoms with van der Waals surface area (Å²) in [5.74, 6) is 0.0923. The number of carbonyl (C=O) groups excluding carboxylic acids is 2. The second-order valence-electron chi connectivity index (χ2n) is 6.27. The fourth-order valence-electron chi connectivity index (χ4n) is 2.49. The molecule has 32 heavy (non-hydrogen) atoms. The summed E-state index contributed by atoms with van der Waals surface area (Å²) in [5, 5.41) is 6.51. The summed E-state index contributed by atoms with van der Waals surface area (Å²) in [4.78, 5) is 27.7. The zero-order valence-corrected chi connectivity index (χ0v) is 20.7. The van der Waals surface area contributed by atoms with Crippen LogP contribution in [0.3, 0.4) is 0 Å². The van der Waals surface area contributed by atoms with Crippen LogP contribution in [0.5, 0.6) is 11.5 Å². The number of hydrazone groups is 1. The van der Waals surface area contributed by atoms with Gasteiger partial charge in [-0.3, -0.25) is 10.2 Å². The standard InChI is InChI=1S/C21H26BrN3O6S/c1-5-28-17-9-14(8-16(22)19(17)31-13(4)20(27)30-7-3)11-23-25-21-24-15(12-32-21)10-18(26)29-6-2/h8-9,11-13H,5-7,10H2,1-4H3,(H,24,25). The monoisotopic (exact) mass is 527 g/mol. The normalized spacial score (nSPS) is 11.8. The molecule has 0 aliphatic carbocycles. The molecule has 2 aromatic rings. The van der Waals surface area contributed by atoms with Crippen molar-refractivity contribution in [2.75, 3.05) is 25.2 Å². The number of rotatable bonds is 12. The third-order valence-corrected chi connectivity index (χ3v) is 5.19. The Labute approximate surface area is 199 Å². The van der Waals surface area contributed by atoms with E-state index < -0.39 is 12.1 Å². The first-order valence-electron chi connectivity index (χ1n) is 10.1. The van der Waals surface area contributed by atoms with E-state index in [1.54, 1.807) is 44.5 Å². The zero-order chi connectivity index (χ0) is 23.5. The van der Waals surface area contributed by atoms with E-state index in [0.717, 1.165) is 5.56 Å². The Morgan fingerprint density at radius 1 is 1.22 bits per heavy atom. The van der Waals surface area contributed by atoms with Crippen LogP contribution in [0.25, 0.3) is 0 Å². The number of nitrogens with one attached hydrogen (secondary N) is 1. The van der Waals surface area contributed by atoms with Crippen molar-refractivity contribution in [3.8, 4) is 11.5 Å². The third kappa shape index (κ3) is 7.79. The summed E-state index contributed by atoms with van der Waals surface area (Å²) in [6, 6.07) is 3.54. The number of benzene rings is 1. The predicted octanol–water partition coefficient (Wildman–Crippen LogP) is 4.19. The molecule has 0 spiro atoms. The van der Waals surface area contributed by atoms with Gasteiger partial charge in [-0.05, 0) is 61.3 Å². The largest absolute Gasteiger partial charge is 0.490 e. The molecular weight excluding hydrogens is 502 g/mol. The van der Waals surface area contributed by atoms with Gasteiger partial charge in [-0.15, -0.1) is 11.3 Å². The average molecular weight is 528 g/mol. The fourth-order valence-corrected chi connectivity index (χ4v) is 3.70. The molecular formula is C21H26BrN3O6S. The van der Waals surface area contributed by atoms with Gasteiger partial charge in [0.25, 0.3) is 0 Å². The van der Waals surface area contributed by atoms with Gasteiger partial charge in [0.2, 0.25) is 5.13 Å². The summed E-state index contributed by atoms with van der Waals surface area (Å²) in [5.41, 5.74) is 4.19. The fraction of sp³-hybridized carbons (Fsp3) is 0.429. The highest BCUT2D eigenvalue weighted by Crippen LogP contribution is 2.37. The van der Waals surface area contributed by atoms with Crippen LogP contribution < -0.4 is 14.9 Å². The van der Waals surface area contributed by atoms with E-state index in [9.17, 15) is 9.59 Å². The molecule has 1 unspecified atom stereocenters. The van der Waals surface area contributed by atoms with Crippen LogP contribution >= 0.6 is 27.3 Å². The highest BCUT2D eigenvalue weighted by atomic mass is 79.9. The Bertz CT molecular complexity index is 950. The minimum atomic E-state index is -0.791. The maximum absolute atomic E-state index is 11.9. The average Bonchev–Trinajstić information content (AvgIpc) is 3.18. The van der Waals surface area contributed by atoms with Crippen molar-refractivity contribution >= 4 is 50.6 Å². The molecule has 9 nitrogen and oxygen atoms in total. The lowest BCUT2D eigenvalue weighted by molar-refractivity contribution is -0.150. The highest BCUT2D eigenvalue weighted by Gasteiger charge is 2.20. The molecule has 2 rings (SSSR count). The molecule has 1 atom stereocenters. The lowest BCUT2D eigenvalue weighted by Gasteiger charge is -2.18. The van der Waals surface area contributed by atoms with Crippen LogP contribution in [0.1, 0.15) is 39.0 Å². The smallest absolute Gasteiger partial charge is 0.347 e. The van der Waals surface area contributed by atoms with Crippen LogP contribution in [-0.4, -0.2) is 49.1 Å². The Morgan fingerprint density at radius 2 is 1.97 bits per heavy atom. The lowest BCUT2D eigenvalue weighted by Crippen LogP contribution is -2.26. The Kier molecular flexibility index (Phi) is 10.4. The van der Waals surface area contributed by atoms with Gasteiger partial charge in [-0.1, -0.05) is 0 Å². The van der Waals surface area contributed by atoms with Gasteiger partial charge in [0, 0.05) is 5.38 Å². The number of ether oxygens (including phenoxy) is 4. The number of carbonyl (C=O) groups is 2. The second kappa shape index (κ2) is 13.0. The number of hydrogen-bond acceptors (Lipinski definition) is 10. The summed E-state index contributed by atoms with van der Waals surface area (Å²) in [6.45, 7) is 7.99. The third-order valence-electron chi connectivity index (χ3n) is 3.80. The second-order valence-corrected chi connectivity index (χ2v) is 7.98. The van der Waals surface area contributed by atoms with Gasteiger partial charge < -0.3 is 18.9 Å². The van der Waals surface area contributed by atoms with E-state index in [0.29, 0.717) is 40.0 Å². The van der Waals surface area contributed by atoms with Crippen molar-refractivity contribution < 1.29 is 28.5 Å². The maximum Gasteiger partial charge on any atom is 0.347 e. The van der Waals surface area contributed by atoms with Crippen molar-refractivity contribution in [3.05, 3.63) is 33.2 Å². The number of halogens is 1. The molecule has 174 valence electrons. The van der Waals surface area contributed by atoms with Crippen molar-refractivity contribution in [2.24, 2.45) is 5.10 Å². The predicted molar refractivity (Wildman–Crippen MR) is 126 cm³/mol. The van der Waals surface area contributed by atoms with Crippen molar-refractivity contribution in [1.82, 2.24) is 4.98 Å². The molecule has 0 aliphatic heterocycles. The van der Waals surface area contributed by atoms with Gasteiger partial charge in [0.15, 0.2) is 17.6 Å². The molecule has 0 amide bonds. The van der Waals surface area contributed by atoms with Gasteiger partial charge in [0.1, 0.15) is 0 Å². The minimum Gasteiger partial charge on any atom is -0.490 e. The van der Waals surface area contributed by atoms with Crippen LogP contribution in [0, 0.1) is 0 Å². The topological polar surface area (TPSA) is 108 Å². The van der Waals surface area contributed by atoms with Crippen LogP contribution in [-0.2, 0) is 25.5 Å². The molecule has 0 aliphatic rings. The van der Waals surface area contributed by atoms with E-state index in [4.69, 9.17) is 18.9 Å². The molecule has 0 radical (unpaired) electrons. The number of anilines is 1. The highest BCUT2D eigenvalue weighted by molar-refractivity contribution is 9.10. The van der Waals surface area contributed by atoms with E-state index >= 15 is 0 Å². The number of esters is 2. The van der Waals surface area contributed by atoms with E-state index in [-0.39, 0.29) is 19.0 Å². The van der Waals surface area contributed by atoms with E-state index in [1.165, 1.54) is 11.3 Å². The van der Waals surface area contributed by atoms with Gasteiger partial charge >= 0.3 is 11.9 Å². The first-order valence-corrected chi connectivity index (χ1v) is 11.7. The molecule has 1 N–H and O–H groups in total. The Morgan fingerprint density at radius 3 is 2.66 bits per heavy atom. The maximum atomic E-state index is 11.9. The molecule has 0 bridgehead atoms. The van der Waals surface area contributed by atoms with Gasteiger partial charge in [0.05, 0.1) is 42.6 Å². The van der Waals surface area contributed by atoms with Crippen LogP contribution in [0.2, 0.25) is 0 Å². The van der Waals surface area contributed by atoms with E-state index in [1.807, 2.05) is 6.92 Å². The molecule has 0 fully saturated rings. The van der Waals surface area contributed by atoms with Crippen LogP contribution in [0.4, 0.5) is 5.13 Å². The summed E-state index contributed by atoms with van der Waals surface area (Å²) < 4.78 is 22.0. The first kappa shape index (κ1) is 25.6. The Balaban J connectivity index is 2.08. The lowest BCUT2D eigenvalue weighted by atomic mass is 10.2. The number of thiazole rings is 1. The molecule has 0 saturated carbocycles. The molecule has 0 saturated heterocycles. The minimum absolute atomic E-state index is 0.117. The van der Waals surface area contributed by atoms with Crippen molar-refractivity contribution in [1.29, 1.82) is 0 Å². The molecule has 1 aromatic carbocycles. The number of aromatic nitrogens is 1. The van der Waals surface area contributed by atoms with Gasteiger partial charge in [-0.25, -0.2) is 9.78 Å². The van der Waals surface area contributed by atoms with Gasteiger partial charge in [-0.2, -0.15) is 5.10 Å². The number of hydrogen-bond donors (Lipinski definition) is 1. The quantitative estimate of drug-likeness (QED) is 0.248. The molecule has 1 heterocycles. The Hall–Kier alpha value is -2.66. The summed E-state index contributed by atoms with van der Waals surface area (Å²) >= 11 is 4.80.